The molecule has 2 aromatic carbocycles. The molecule has 1 heterocycles. The molecular formula is C14H10Cl2N2O3S. The molecule has 1 N–H and O–H groups in total. The van der Waals surface area contributed by atoms with Crippen LogP contribution in [0.25, 0.3) is 11.0 Å². The molecule has 3 rings (SSSR count). The van der Waals surface area contributed by atoms with Gasteiger partial charge in [0.05, 0.1) is 15.7 Å². The van der Waals surface area contributed by atoms with Gasteiger partial charge in [0.25, 0.3) is 0 Å². The minimum Gasteiger partial charge on any atom is -0.356 e. The van der Waals surface area contributed by atoms with Gasteiger partial charge in [-0.05, 0) is 24.3 Å². The highest BCUT2D eigenvalue weighted by Gasteiger charge is 2.19. The smallest absolute Gasteiger partial charge is 0.238 e. The summed E-state index contributed by atoms with van der Waals surface area (Å²) in [4.78, 5) is 0. The molecule has 5 nitrogen and oxygen atoms in total. The largest absolute Gasteiger partial charge is 0.356 e. The van der Waals surface area contributed by atoms with Crippen molar-refractivity contribution in [3.8, 4) is 0 Å². The third-order valence-corrected chi connectivity index (χ3v) is 5.00. The minimum absolute atomic E-state index is 0.151. The van der Waals surface area contributed by atoms with Crippen molar-refractivity contribution in [2.75, 3.05) is 4.72 Å². The van der Waals surface area contributed by atoms with Crippen molar-refractivity contribution in [2.45, 2.75) is 5.75 Å². The van der Waals surface area contributed by atoms with Gasteiger partial charge >= 0.3 is 0 Å². The van der Waals surface area contributed by atoms with Crippen LogP contribution in [-0.2, 0) is 15.8 Å². The van der Waals surface area contributed by atoms with Crippen molar-refractivity contribution < 1.29 is 12.9 Å². The summed E-state index contributed by atoms with van der Waals surface area (Å²) in [6.07, 6.45) is 0. The van der Waals surface area contributed by atoms with Crippen LogP contribution < -0.4 is 4.72 Å². The van der Waals surface area contributed by atoms with Crippen LogP contribution in [0.3, 0.4) is 0 Å². The van der Waals surface area contributed by atoms with Crippen molar-refractivity contribution in [3.63, 3.8) is 0 Å². The minimum atomic E-state index is -3.70. The maximum Gasteiger partial charge on any atom is 0.238 e. The van der Waals surface area contributed by atoms with E-state index in [-0.39, 0.29) is 21.5 Å². The molecule has 0 aliphatic carbocycles. The van der Waals surface area contributed by atoms with Crippen molar-refractivity contribution in [2.24, 2.45) is 0 Å². The van der Waals surface area contributed by atoms with E-state index < -0.39 is 10.0 Å². The van der Waals surface area contributed by atoms with Gasteiger partial charge in [-0.1, -0.05) is 46.6 Å². The number of fused-ring (bicyclic) bond motifs is 1. The fraction of sp³-hybridized carbons (Fsp3) is 0.0714. The molecule has 1 aromatic heterocycles. The highest BCUT2D eigenvalue weighted by molar-refractivity contribution is 7.91. The van der Waals surface area contributed by atoms with E-state index in [0.29, 0.717) is 16.7 Å². The normalized spacial score (nSPS) is 11.7. The first-order chi connectivity index (χ1) is 10.5. The highest BCUT2D eigenvalue weighted by Crippen LogP contribution is 2.30. The number of nitrogens with zero attached hydrogens (tertiary/aromatic N) is 1. The zero-order chi connectivity index (χ0) is 15.7. The van der Waals surface area contributed by atoms with Gasteiger partial charge in [0, 0.05) is 5.39 Å². The van der Waals surface area contributed by atoms with Gasteiger partial charge in [0.1, 0.15) is 11.4 Å². The number of para-hydroxylation sites is 1. The molecule has 22 heavy (non-hydrogen) atoms. The zero-order valence-electron chi connectivity index (χ0n) is 11.1. The summed E-state index contributed by atoms with van der Waals surface area (Å²) < 4.78 is 32.1. The lowest BCUT2D eigenvalue weighted by Gasteiger charge is -2.09. The molecule has 0 saturated carbocycles. The Kier molecular flexibility index (Phi) is 3.99. The van der Waals surface area contributed by atoms with Crippen LogP contribution in [0.15, 0.2) is 47.0 Å². The van der Waals surface area contributed by atoms with Gasteiger partial charge in [0.2, 0.25) is 10.0 Å². The topological polar surface area (TPSA) is 72.2 Å². The van der Waals surface area contributed by atoms with E-state index in [9.17, 15) is 8.42 Å². The van der Waals surface area contributed by atoms with E-state index >= 15 is 0 Å². The molecule has 0 aliphatic rings. The van der Waals surface area contributed by atoms with Gasteiger partial charge in [0.15, 0.2) is 5.58 Å². The number of halogens is 2. The van der Waals surface area contributed by atoms with Crippen molar-refractivity contribution in [1.29, 1.82) is 0 Å². The van der Waals surface area contributed by atoms with Gasteiger partial charge < -0.3 is 4.52 Å². The molecule has 0 aliphatic heterocycles. The van der Waals surface area contributed by atoms with Crippen molar-refractivity contribution in [1.82, 2.24) is 5.16 Å². The second-order valence-electron chi connectivity index (χ2n) is 4.59. The molecule has 0 amide bonds. The summed E-state index contributed by atoms with van der Waals surface area (Å²) >= 11 is 11.9. The van der Waals surface area contributed by atoms with Crippen LogP contribution in [0, 0.1) is 0 Å². The Labute approximate surface area is 136 Å². The predicted octanol–water partition coefficient (Wildman–Crippen LogP) is 4.08. The van der Waals surface area contributed by atoms with Gasteiger partial charge in [-0.25, -0.2) is 8.42 Å². The number of rotatable bonds is 4. The summed E-state index contributed by atoms with van der Waals surface area (Å²) in [5.74, 6) is -0.327. The maximum atomic E-state index is 12.3. The Balaban J connectivity index is 1.89. The second-order valence-corrected chi connectivity index (χ2v) is 7.10. The van der Waals surface area contributed by atoms with E-state index in [1.807, 2.05) is 0 Å². The van der Waals surface area contributed by atoms with Crippen molar-refractivity contribution in [3.05, 3.63) is 58.2 Å². The summed E-state index contributed by atoms with van der Waals surface area (Å²) in [7, 11) is -3.70. The molecule has 0 fully saturated rings. The van der Waals surface area contributed by atoms with E-state index in [1.165, 1.54) is 6.07 Å². The number of hydrogen-bond acceptors (Lipinski definition) is 4. The fourth-order valence-electron chi connectivity index (χ4n) is 2.01. The fourth-order valence-corrected chi connectivity index (χ4v) is 3.56. The van der Waals surface area contributed by atoms with Crippen LogP contribution in [0.4, 0.5) is 5.69 Å². The average Bonchev–Trinajstić information content (AvgIpc) is 2.86. The lowest BCUT2D eigenvalue weighted by Crippen LogP contribution is -2.15. The third kappa shape index (κ3) is 3.04. The number of benzene rings is 2. The number of nitrogens with one attached hydrogen (secondary N) is 1. The summed E-state index contributed by atoms with van der Waals surface area (Å²) in [5.41, 5.74) is 1.09. The predicted molar refractivity (Wildman–Crippen MR) is 86.7 cm³/mol. The molecule has 0 spiro atoms. The first-order valence-electron chi connectivity index (χ1n) is 6.24. The van der Waals surface area contributed by atoms with Crippen molar-refractivity contribution >= 4 is 49.9 Å². The SMILES string of the molecule is O=S(=O)(Cc1noc2ccccc12)Nc1cccc(Cl)c1Cl. The second kappa shape index (κ2) is 5.79. The number of aromatic nitrogens is 1. The Morgan fingerprint density at radius 3 is 2.68 bits per heavy atom. The Morgan fingerprint density at radius 1 is 1.09 bits per heavy atom. The van der Waals surface area contributed by atoms with Crippen LogP contribution in [0.5, 0.6) is 0 Å². The summed E-state index contributed by atoms with van der Waals surface area (Å²) in [6, 6.07) is 11.8. The quantitative estimate of drug-likeness (QED) is 0.764. The lowest BCUT2D eigenvalue weighted by molar-refractivity contribution is 0.448. The Hall–Kier alpha value is -1.76. The number of sulfonamides is 1. The maximum absolute atomic E-state index is 12.3. The van der Waals surface area contributed by atoms with Crippen LogP contribution in [0.1, 0.15) is 5.69 Å². The highest BCUT2D eigenvalue weighted by atomic mass is 35.5. The zero-order valence-corrected chi connectivity index (χ0v) is 13.4. The Bertz CT molecular complexity index is 938. The monoisotopic (exact) mass is 356 g/mol. The molecule has 0 radical (unpaired) electrons. The van der Waals surface area contributed by atoms with Gasteiger partial charge in [-0.15, -0.1) is 0 Å². The molecule has 0 bridgehead atoms. The standard InChI is InChI=1S/C14H10Cl2N2O3S/c15-10-5-3-6-11(14(10)16)18-22(19,20)8-12-9-4-1-2-7-13(9)21-17-12/h1-7,18H,8H2. The van der Waals surface area contributed by atoms with E-state index in [1.54, 1.807) is 36.4 Å². The Morgan fingerprint density at radius 2 is 1.86 bits per heavy atom. The summed E-state index contributed by atoms with van der Waals surface area (Å²) in [6.45, 7) is 0. The first-order valence-corrected chi connectivity index (χ1v) is 8.65. The molecule has 0 atom stereocenters. The van der Waals surface area contributed by atoms with Crippen LogP contribution in [0.2, 0.25) is 10.0 Å². The number of hydrogen-bond donors (Lipinski definition) is 1. The number of anilines is 1. The van der Waals surface area contributed by atoms with Gasteiger partial charge in [-0.3, -0.25) is 4.72 Å². The molecule has 3 aromatic rings. The average molecular weight is 357 g/mol. The third-order valence-electron chi connectivity index (χ3n) is 3.00. The van der Waals surface area contributed by atoms with Crippen LogP contribution in [-0.4, -0.2) is 13.6 Å². The van der Waals surface area contributed by atoms with E-state index in [2.05, 4.69) is 9.88 Å². The molecule has 8 heteroatoms. The van der Waals surface area contributed by atoms with Crippen LogP contribution >= 0.6 is 23.2 Å². The molecule has 0 saturated heterocycles. The molecule has 0 unspecified atom stereocenters. The lowest BCUT2D eigenvalue weighted by atomic mass is 10.2. The van der Waals surface area contributed by atoms with E-state index in [0.717, 1.165) is 0 Å². The molecular weight excluding hydrogens is 347 g/mol. The summed E-state index contributed by atoms with van der Waals surface area (Å²) in [5, 5.41) is 4.89. The first kappa shape index (κ1) is 15.1. The molecule has 114 valence electrons. The van der Waals surface area contributed by atoms with E-state index in [4.69, 9.17) is 27.7 Å². The van der Waals surface area contributed by atoms with Gasteiger partial charge in [-0.2, -0.15) is 0 Å².